The molecule has 0 atom stereocenters. The van der Waals surface area contributed by atoms with Gasteiger partial charge in [-0.15, -0.1) is 11.3 Å². The third kappa shape index (κ3) is 3.09. The first-order valence-corrected chi connectivity index (χ1v) is 7.84. The average Bonchev–Trinajstić information content (AvgIpc) is 2.94. The van der Waals surface area contributed by atoms with Crippen molar-refractivity contribution >= 4 is 34.7 Å². The van der Waals surface area contributed by atoms with Gasteiger partial charge in [0.15, 0.2) is 0 Å². The summed E-state index contributed by atoms with van der Waals surface area (Å²) in [6.45, 7) is 3.58. The Morgan fingerprint density at radius 1 is 1.41 bits per heavy atom. The van der Waals surface area contributed by atoms with Gasteiger partial charge in [0.25, 0.3) is 5.91 Å². The molecule has 114 valence electrons. The zero-order chi connectivity index (χ0) is 15.5. The topological polar surface area (TPSA) is 74.3 Å². The highest BCUT2D eigenvalue weighted by Crippen LogP contribution is 2.19. The van der Waals surface area contributed by atoms with Crippen molar-refractivity contribution < 1.29 is 9.59 Å². The molecule has 3 heterocycles. The van der Waals surface area contributed by atoms with Crippen molar-refractivity contribution in [3.05, 3.63) is 40.2 Å². The fourth-order valence-corrected chi connectivity index (χ4v) is 3.09. The van der Waals surface area contributed by atoms with Crippen LogP contribution >= 0.6 is 11.3 Å². The van der Waals surface area contributed by atoms with Gasteiger partial charge in [0.1, 0.15) is 5.82 Å². The molecule has 1 fully saturated rings. The second-order valence-corrected chi connectivity index (χ2v) is 5.98. The van der Waals surface area contributed by atoms with E-state index in [0.717, 1.165) is 17.9 Å². The Balaban J connectivity index is 1.68. The van der Waals surface area contributed by atoms with Gasteiger partial charge >= 0.3 is 0 Å². The molecule has 2 aromatic rings. The predicted molar refractivity (Wildman–Crippen MR) is 86.5 cm³/mol. The number of hydrogen-bond acceptors (Lipinski definition) is 5. The van der Waals surface area contributed by atoms with Crippen LogP contribution in [0, 0.1) is 6.92 Å². The molecule has 0 spiro atoms. The Kier molecular flexibility index (Phi) is 4.06. The number of nitrogens with one attached hydrogen (secondary N) is 2. The van der Waals surface area contributed by atoms with Crippen molar-refractivity contribution in [1.82, 2.24) is 10.3 Å². The Morgan fingerprint density at radius 2 is 2.27 bits per heavy atom. The number of carbonyl (C=O) groups excluding carboxylic acids is 2. The number of hydrogen-bond donors (Lipinski definition) is 2. The largest absolute Gasteiger partial charge is 0.353 e. The number of pyridine rings is 1. The van der Waals surface area contributed by atoms with E-state index in [1.165, 1.54) is 11.3 Å². The van der Waals surface area contributed by atoms with E-state index in [2.05, 4.69) is 15.6 Å². The van der Waals surface area contributed by atoms with Gasteiger partial charge in [-0.1, -0.05) is 0 Å². The third-order valence-electron chi connectivity index (χ3n) is 3.44. The van der Waals surface area contributed by atoms with Crippen molar-refractivity contribution in [2.24, 2.45) is 0 Å². The number of carbonyl (C=O) groups is 2. The van der Waals surface area contributed by atoms with Crippen molar-refractivity contribution in [3.8, 4) is 0 Å². The lowest BCUT2D eigenvalue weighted by atomic mass is 10.2. The molecule has 0 aromatic carbocycles. The van der Waals surface area contributed by atoms with Crippen LogP contribution in [0.15, 0.2) is 29.8 Å². The van der Waals surface area contributed by atoms with E-state index in [9.17, 15) is 9.59 Å². The molecule has 6 nitrogen and oxygen atoms in total. The van der Waals surface area contributed by atoms with Crippen molar-refractivity contribution in [2.75, 3.05) is 29.9 Å². The fraction of sp³-hybridized carbons (Fsp3) is 0.267. The van der Waals surface area contributed by atoms with Crippen LogP contribution in [0.3, 0.4) is 0 Å². The Hall–Kier alpha value is -2.41. The molecule has 1 aliphatic heterocycles. The van der Waals surface area contributed by atoms with E-state index in [4.69, 9.17) is 0 Å². The number of nitrogens with zero attached hydrogens (tertiary/aromatic N) is 2. The molecule has 0 radical (unpaired) electrons. The van der Waals surface area contributed by atoms with Gasteiger partial charge < -0.3 is 15.5 Å². The standard InChI is InChI=1S/C15H16N4O2S/c1-10-4-7-22-14(10)15(21)18-11-2-3-12(17-8-11)19-6-5-16-13(20)9-19/h2-4,7-8H,5-6,9H2,1H3,(H,16,20)(H,18,21). The van der Waals surface area contributed by atoms with E-state index in [1.54, 1.807) is 12.3 Å². The van der Waals surface area contributed by atoms with E-state index in [0.29, 0.717) is 23.7 Å². The number of anilines is 2. The third-order valence-corrected chi connectivity index (χ3v) is 4.45. The second-order valence-electron chi connectivity index (χ2n) is 5.06. The van der Waals surface area contributed by atoms with Crippen LogP contribution in [-0.4, -0.2) is 36.4 Å². The van der Waals surface area contributed by atoms with Crippen LogP contribution in [0.2, 0.25) is 0 Å². The van der Waals surface area contributed by atoms with Crippen LogP contribution in [0.25, 0.3) is 0 Å². The van der Waals surface area contributed by atoms with E-state index < -0.39 is 0 Å². The summed E-state index contributed by atoms with van der Waals surface area (Å²) in [6.07, 6.45) is 1.61. The zero-order valence-electron chi connectivity index (χ0n) is 12.1. The van der Waals surface area contributed by atoms with Gasteiger partial charge in [-0.2, -0.15) is 0 Å². The Labute approximate surface area is 132 Å². The summed E-state index contributed by atoms with van der Waals surface area (Å²) in [5, 5.41) is 7.51. The minimum absolute atomic E-state index is 0.00130. The van der Waals surface area contributed by atoms with Crippen LogP contribution in [0.4, 0.5) is 11.5 Å². The summed E-state index contributed by atoms with van der Waals surface area (Å²) in [7, 11) is 0. The lowest BCUT2D eigenvalue weighted by molar-refractivity contribution is -0.120. The molecule has 2 N–H and O–H groups in total. The van der Waals surface area contributed by atoms with Gasteiger partial charge in [0, 0.05) is 13.1 Å². The maximum absolute atomic E-state index is 12.1. The smallest absolute Gasteiger partial charge is 0.266 e. The number of rotatable bonds is 3. The molecular formula is C15H16N4O2S. The van der Waals surface area contributed by atoms with Gasteiger partial charge in [0.2, 0.25) is 5.91 Å². The number of aryl methyl sites for hydroxylation is 1. The molecule has 7 heteroatoms. The van der Waals surface area contributed by atoms with E-state index >= 15 is 0 Å². The molecule has 22 heavy (non-hydrogen) atoms. The summed E-state index contributed by atoms with van der Waals surface area (Å²) in [4.78, 5) is 30.5. The molecule has 2 amide bonds. The normalized spacial score (nSPS) is 14.6. The predicted octanol–water partition coefficient (Wildman–Crippen LogP) is 1.64. The highest BCUT2D eigenvalue weighted by atomic mass is 32.1. The molecule has 0 aliphatic carbocycles. The van der Waals surface area contributed by atoms with Crippen LogP contribution in [0.1, 0.15) is 15.2 Å². The average molecular weight is 316 g/mol. The Bertz CT molecular complexity index is 696. The SMILES string of the molecule is Cc1ccsc1C(=O)Nc1ccc(N2CCNC(=O)C2)nc1. The summed E-state index contributed by atoms with van der Waals surface area (Å²) in [6, 6.07) is 5.54. The molecule has 3 rings (SSSR count). The first kappa shape index (κ1) is 14.5. The summed E-state index contributed by atoms with van der Waals surface area (Å²) in [5.41, 5.74) is 1.61. The minimum Gasteiger partial charge on any atom is -0.353 e. The Morgan fingerprint density at radius 3 is 2.91 bits per heavy atom. The summed E-state index contributed by atoms with van der Waals surface area (Å²) in [5.74, 6) is 0.609. The van der Waals surface area contributed by atoms with Gasteiger partial charge in [-0.3, -0.25) is 9.59 Å². The molecule has 0 bridgehead atoms. The zero-order valence-corrected chi connectivity index (χ0v) is 12.9. The number of piperazine rings is 1. The van der Waals surface area contributed by atoms with Crippen LogP contribution < -0.4 is 15.5 Å². The number of thiophene rings is 1. The lowest BCUT2D eigenvalue weighted by Crippen LogP contribution is -2.48. The molecular weight excluding hydrogens is 300 g/mol. The van der Waals surface area contributed by atoms with Gasteiger partial charge in [-0.25, -0.2) is 4.98 Å². The fourth-order valence-electron chi connectivity index (χ4n) is 2.27. The molecule has 2 aromatic heterocycles. The highest BCUT2D eigenvalue weighted by molar-refractivity contribution is 7.12. The number of amides is 2. The molecule has 1 saturated heterocycles. The molecule has 0 unspecified atom stereocenters. The minimum atomic E-state index is -0.126. The number of aromatic nitrogens is 1. The van der Waals surface area contributed by atoms with Crippen molar-refractivity contribution in [2.45, 2.75) is 6.92 Å². The quantitative estimate of drug-likeness (QED) is 0.903. The first-order valence-electron chi connectivity index (χ1n) is 6.96. The van der Waals surface area contributed by atoms with E-state index in [-0.39, 0.29) is 11.8 Å². The van der Waals surface area contributed by atoms with Crippen molar-refractivity contribution in [3.63, 3.8) is 0 Å². The van der Waals surface area contributed by atoms with E-state index in [1.807, 2.05) is 29.3 Å². The highest BCUT2D eigenvalue weighted by Gasteiger charge is 2.17. The monoisotopic (exact) mass is 316 g/mol. The van der Waals surface area contributed by atoms with Gasteiger partial charge in [-0.05, 0) is 36.1 Å². The van der Waals surface area contributed by atoms with Crippen LogP contribution in [-0.2, 0) is 4.79 Å². The van der Waals surface area contributed by atoms with Crippen LogP contribution in [0.5, 0.6) is 0 Å². The second kappa shape index (κ2) is 6.15. The summed E-state index contributed by atoms with van der Waals surface area (Å²) < 4.78 is 0. The molecule has 0 saturated carbocycles. The van der Waals surface area contributed by atoms with Gasteiger partial charge in [0.05, 0.1) is 23.3 Å². The van der Waals surface area contributed by atoms with Crippen molar-refractivity contribution in [1.29, 1.82) is 0 Å². The lowest BCUT2D eigenvalue weighted by Gasteiger charge is -2.27. The first-order chi connectivity index (χ1) is 10.6. The maximum Gasteiger partial charge on any atom is 0.266 e. The maximum atomic E-state index is 12.1. The summed E-state index contributed by atoms with van der Waals surface area (Å²) >= 11 is 1.42. The molecule has 1 aliphatic rings.